The quantitative estimate of drug-likeness (QED) is 0.0628. The Labute approximate surface area is 251 Å². The first kappa shape index (κ1) is 38.1. The highest BCUT2D eigenvalue weighted by molar-refractivity contribution is 7.45. The predicted octanol–water partition coefficient (Wildman–Crippen LogP) is 7.19. The molecule has 242 valence electrons. The number of rotatable bonds is 20. The molecule has 0 radical (unpaired) electrons. The number of likely N-dealkylation sites (N-methyl/N-ethyl adjacent to an activating group) is 1. The van der Waals surface area contributed by atoms with Crippen molar-refractivity contribution in [3.63, 3.8) is 0 Å². The third-order valence-corrected chi connectivity index (χ3v) is 7.98. The lowest BCUT2D eigenvalue weighted by atomic mass is 10.0. The van der Waals surface area contributed by atoms with Crippen molar-refractivity contribution in [2.75, 3.05) is 40.9 Å². The number of phosphoric ester groups is 1. The number of phosphoric acid groups is 1. The van der Waals surface area contributed by atoms with Crippen molar-refractivity contribution in [1.29, 1.82) is 0 Å². The molecule has 0 spiro atoms. The van der Waals surface area contributed by atoms with E-state index in [2.05, 4.69) is 13.0 Å². The van der Waals surface area contributed by atoms with Crippen LogP contribution in [0.4, 0.5) is 4.79 Å². The zero-order valence-corrected chi connectivity index (χ0v) is 28.5. The Balaban J connectivity index is 2.70. The van der Waals surface area contributed by atoms with E-state index in [0.717, 1.165) is 12.8 Å². The number of carbonyl (C=O) groups is 1. The van der Waals surface area contributed by atoms with Gasteiger partial charge in [-0.25, -0.2) is 4.79 Å². The van der Waals surface area contributed by atoms with Gasteiger partial charge >= 0.3 is 6.09 Å². The molecule has 2 unspecified atom stereocenters. The Hall–Kier alpha value is -0.960. The van der Waals surface area contributed by atoms with Gasteiger partial charge in [0.2, 0.25) is 0 Å². The molecule has 10 heteroatoms. The smallest absolute Gasteiger partial charge is 0.413 e. The Morgan fingerprint density at radius 3 is 2.02 bits per heavy atom. The normalized spacial score (nSPS) is 21.0. The molecule has 0 N–H and O–H groups in total. The average molecular weight is 605 g/mol. The lowest BCUT2D eigenvalue weighted by Gasteiger charge is -2.35. The number of nitrogens with zero attached hydrogens (tertiary/aromatic N) is 2. The van der Waals surface area contributed by atoms with Crippen LogP contribution in [0.3, 0.4) is 0 Å². The second-order valence-corrected chi connectivity index (χ2v) is 15.2. The summed E-state index contributed by atoms with van der Waals surface area (Å²) in [4.78, 5) is 27.2. The van der Waals surface area contributed by atoms with Crippen LogP contribution in [0.15, 0.2) is 12.2 Å². The molecular weight excluding hydrogens is 543 g/mol. The van der Waals surface area contributed by atoms with Crippen molar-refractivity contribution >= 4 is 13.9 Å². The minimum absolute atomic E-state index is 0.00894. The van der Waals surface area contributed by atoms with Gasteiger partial charge in [0, 0.05) is 0 Å². The van der Waals surface area contributed by atoms with Crippen LogP contribution >= 0.6 is 7.82 Å². The van der Waals surface area contributed by atoms with Crippen LogP contribution in [-0.4, -0.2) is 79.8 Å². The van der Waals surface area contributed by atoms with E-state index in [-0.39, 0.29) is 13.2 Å². The van der Waals surface area contributed by atoms with Crippen molar-refractivity contribution in [3.8, 4) is 0 Å². The Kier molecular flexibility index (Phi) is 16.7. The predicted molar refractivity (Wildman–Crippen MR) is 163 cm³/mol. The van der Waals surface area contributed by atoms with Gasteiger partial charge in [0.25, 0.3) is 7.82 Å². The van der Waals surface area contributed by atoms with Gasteiger partial charge in [-0.05, 0) is 47.5 Å². The molecule has 1 fully saturated rings. The molecule has 1 heterocycles. The molecule has 1 saturated heterocycles. The summed E-state index contributed by atoms with van der Waals surface area (Å²) in [6.45, 7) is 11.4. The van der Waals surface area contributed by atoms with Crippen LogP contribution in [0.5, 0.6) is 0 Å². The van der Waals surface area contributed by atoms with Crippen LogP contribution in [0, 0.1) is 0 Å². The summed E-state index contributed by atoms with van der Waals surface area (Å²) in [7, 11) is 1.27. The third-order valence-electron chi connectivity index (χ3n) is 7.02. The molecule has 1 aliphatic heterocycles. The van der Waals surface area contributed by atoms with Crippen molar-refractivity contribution in [2.45, 2.75) is 142 Å². The van der Waals surface area contributed by atoms with Gasteiger partial charge in [0.1, 0.15) is 30.6 Å². The van der Waals surface area contributed by atoms with E-state index in [9.17, 15) is 14.3 Å². The Morgan fingerprint density at radius 1 is 0.976 bits per heavy atom. The SMILES string of the molecule is CCCCCCCCCCCCC/C=C/C1OC(C)(C)N(C(=O)OC(C)(C)C)[C@H]1COP(=O)([O-])OCC[N+](C)(C)C. The lowest BCUT2D eigenvalue weighted by molar-refractivity contribution is -0.870. The van der Waals surface area contributed by atoms with E-state index in [4.69, 9.17) is 18.5 Å². The second-order valence-electron chi connectivity index (χ2n) is 13.8. The van der Waals surface area contributed by atoms with E-state index in [1.54, 1.807) is 34.6 Å². The first-order chi connectivity index (χ1) is 19.0. The summed E-state index contributed by atoms with van der Waals surface area (Å²) < 4.78 is 35.3. The van der Waals surface area contributed by atoms with Gasteiger partial charge in [-0.1, -0.05) is 83.3 Å². The summed E-state index contributed by atoms with van der Waals surface area (Å²) in [5.41, 5.74) is -1.73. The van der Waals surface area contributed by atoms with Gasteiger partial charge in [0.15, 0.2) is 0 Å². The monoisotopic (exact) mass is 604 g/mol. The Bertz CT molecular complexity index is 820. The van der Waals surface area contributed by atoms with Crippen LogP contribution < -0.4 is 4.89 Å². The average Bonchev–Trinajstić information content (AvgIpc) is 3.08. The van der Waals surface area contributed by atoms with E-state index >= 15 is 0 Å². The molecule has 1 rings (SSSR count). The number of hydrogen-bond acceptors (Lipinski definition) is 7. The zero-order chi connectivity index (χ0) is 31.2. The summed E-state index contributed by atoms with van der Waals surface area (Å²) >= 11 is 0. The van der Waals surface area contributed by atoms with Gasteiger partial charge < -0.3 is 27.9 Å². The molecule has 41 heavy (non-hydrogen) atoms. The van der Waals surface area contributed by atoms with Crippen LogP contribution in [0.1, 0.15) is 119 Å². The van der Waals surface area contributed by atoms with E-state index < -0.39 is 37.4 Å². The molecule has 0 aromatic rings. The van der Waals surface area contributed by atoms with Crippen LogP contribution in [0.25, 0.3) is 0 Å². The fraction of sp³-hybridized carbons (Fsp3) is 0.903. The van der Waals surface area contributed by atoms with Gasteiger partial charge in [-0.15, -0.1) is 0 Å². The highest BCUT2D eigenvalue weighted by Gasteiger charge is 2.50. The van der Waals surface area contributed by atoms with E-state index in [1.165, 1.54) is 69.1 Å². The maximum atomic E-state index is 13.2. The molecule has 0 aromatic heterocycles. The maximum Gasteiger partial charge on any atom is 0.413 e. The summed E-state index contributed by atoms with van der Waals surface area (Å²) in [6, 6.07) is -0.697. The largest absolute Gasteiger partial charge is 0.756 e. The molecule has 0 bridgehead atoms. The molecule has 9 nitrogen and oxygen atoms in total. The number of amides is 1. The van der Waals surface area contributed by atoms with Gasteiger partial charge in [-0.3, -0.25) is 9.46 Å². The fourth-order valence-electron chi connectivity index (χ4n) is 4.81. The van der Waals surface area contributed by atoms with Gasteiger partial charge in [0.05, 0.1) is 33.8 Å². The fourth-order valence-corrected chi connectivity index (χ4v) is 5.52. The third kappa shape index (κ3) is 17.1. The number of unbranched alkanes of at least 4 members (excludes halogenated alkanes) is 11. The summed E-state index contributed by atoms with van der Waals surface area (Å²) in [5, 5.41) is 0. The minimum atomic E-state index is -4.58. The minimum Gasteiger partial charge on any atom is -0.756 e. The lowest BCUT2D eigenvalue weighted by Crippen LogP contribution is -2.51. The molecule has 3 atom stereocenters. The van der Waals surface area contributed by atoms with Crippen molar-refractivity contribution in [2.24, 2.45) is 0 Å². The topological polar surface area (TPSA) is 97.4 Å². The highest BCUT2D eigenvalue weighted by atomic mass is 31.2. The highest BCUT2D eigenvalue weighted by Crippen LogP contribution is 2.41. The number of ether oxygens (including phenoxy) is 2. The number of allylic oxidation sites excluding steroid dienone is 1. The second kappa shape index (κ2) is 18.0. The molecule has 0 saturated carbocycles. The first-order valence-corrected chi connectivity index (χ1v) is 17.2. The van der Waals surface area contributed by atoms with Gasteiger partial charge in [-0.2, -0.15) is 0 Å². The van der Waals surface area contributed by atoms with Crippen molar-refractivity contribution in [1.82, 2.24) is 4.90 Å². The summed E-state index contributed by atoms with van der Waals surface area (Å²) in [5.74, 6) is 0. The number of quaternary nitrogens is 1. The maximum absolute atomic E-state index is 13.2. The molecule has 1 aliphatic rings. The molecule has 1 amide bonds. The summed E-state index contributed by atoms with van der Waals surface area (Å²) in [6.07, 6.45) is 17.9. The molecule has 0 aromatic carbocycles. The Morgan fingerprint density at radius 2 is 1.51 bits per heavy atom. The van der Waals surface area contributed by atoms with Crippen molar-refractivity contribution in [3.05, 3.63) is 12.2 Å². The number of carbonyl (C=O) groups excluding carboxylic acids is 1. The first-order valence-electron chi connectivity index (χ1n) is 15.7. The van der Waals surface area contributed by atoms with Crippen LogP contribution in [0.2, 0.25) is 0 Å². The number of hydrogen-bond donors (Lipinski definition) is 0. The zero-order valence-electron chi connectivity index (χ0n) is 27.6. The molecule has 0 aliphatic carbocycles. The van der Waals surface area contributed by atoms with E-state index in [1.807, 2.05) is 27.2 Å². The van der Waals surface area contributed by atoms with E-state index in [0.29, 0.717) is 11.0 Å². The molecular formula is C31H61N2O7P. The standard InChI is InChI=1S/C31H61N2O7P/c1-10-11-12-13-14-15-16-17-18-19-20-21-22-23-28-27(26-38-41(35,36)37-25-24-33(7,8)9)32(31(5,6)39-28)29(34)40-30(2,3)4/h22-23,27-28H,10-21,24-26H2,1-9H3/b23-22+/t27-,28?/m0/s1. The van der Waals surface area contributed by atoms with Crippen molar-refractivity contribution < 1.29 is 37.3 Å². The van der Waals surface area contributed by atoms with Crippen LogP contribution in [-0.2, 0) is 23.1 Å².